The Morgan fingerprint density at radius 1 is 1.36 bits per heavy atom. The lowest BCUT2D eigenvalue weighted by molar-refractivity contribution is -0.140. The molecule has 1 saturated heterocycles. The van der Waals surface area contributed by atoms with Gasteiger partial charge in [-0.15, -0.1) is 0 Å². The maximum Gasteiger partial charge on any atom is 0.227 e. The highest BCUT2D eigenvalue weighted by atomic mass is 16.3. The molecule has 0 radical (unpaired) electrons. The van der Waals surface area contributed by atoms with Crippen LogP contribution in [0, 0.1) is 11.3 Å². The van der Waals surface area contributed by atoms with Crippen molar-refractivity contribution in [3.63, 3.8) is 0 Å². The number of likely N-dealkylation sites (tertiary alicyclic amines) is 1. The van der Waals surface area contributed by atoms with Gasteiger partial charge in [-0.25, -0.2) is 0 Å². The van der Waals surface area contributed by atoms with Crippen LogP contribution in [0.3, 0.4) is 0 Å². The Morgan fingerprint density at radius 3 is 2.52 bits per heavy atom. The summed E-state index contributed by atoms with van der Waals surface area (Å²) in [7, 11) is 1.93. The molecule has 0 spiro atoms. The van der Waals surface area contributed by atoms with Crippen molar-refractivity contribution in [1.29, 1.82) is 0 Å². The Kier molecular flexibility index (Phi) is 6.50. The van der Waals surface area contributed by atoms with Crippen molar-refractivity contribution in [2.45, 2.75) is 58.9 Å². The molecule has 1 amide bonds. The zero-order valence-corrected chi connectivity index (χ0v) is 16.4. The number of nitrogens with zero attached hydrogens (tertiary/aromatic N) is 1. The van der Waals surface area contributed by atoms with Gasteiger partial charge in [0.05, 0.1) is 5.92 Å². The Balaban J connectivity index is 2.12. The van der Waals surface area contributed by atoms with E-state index in [-0.39, 0.29) is 17.4 Å². The predicted molar refractivity (Wildman–Crippen MR) is 103 cm³/mol. The van der Waals surface area contributed by atoms with E-state index in [1.54, 1.807) is 12.1 Å². The highest BCUT2D eigenvalue weighted by molar-refractivity contribution is 5.79. The van der Waals surface area contributed by atoms with E-state index < -0.39 is 0 Å². The fourth-order valence-corrected chi connectivity index (χ4v) is 4.20. The summed E-state index contributed by atoms with van der Waals surface area (Å²) in [4.78, 5) is 15.2. The molecule has 4 nitrogen and oxygen atoms in total. The number of benzene rings is 1. The first-order chi connectivity index (χ1) is 11.8. The van der Waals surface area contributed by atoms with E-state index >= 15 is 0 Å². The largest absolute Gasteiger partial charge is 0.508 e. The van der Waals surface area contributed by atoms with Gasteiger partial charge in [0.2, 0.25) is 5.91 Å². The van der Waals surface area contributed by atoms with Gasteiger partial charge in [0.1, 0.15) is 5.75 Å². The van der Waals surface area contributed by atoms with E-state index in [2.05, 4.69) is 37.9 Å². The predicted octanol–water partition coefficient (Wildman–Crippen LogP) is 3.76. The third-order valence-electron chi connectivity index (χ3n) is 5.81. The minimum Gasteiger partial charge on any atom is -0.508 e. The normalized spacial score (nSPS) is 22.4. The number of carbonyl (C=O) groups excluding carboxylic acids is 1. The van der Waals surface area contributed by atoms with E-state index in [0.717, 1.165) is 32.4 Å². The number of phenolic OH excluding ortho intramolecular Hbond substituents is 1. The molecule has 0 aliphatic carbocycles. The first-order valence-electron chi connectivity index (χ1n) is 9.55. The second kappa shape index (κ2) is 8.22. The summed E-state index contributed by atoms with van der Waals surface area (Å²) in [6.45, 7) is 10.3. The zero-order chi connectivity index (χ0) is 18.6. The molecule has 0 aromatic heterocycles. The minimum absolute atomic E-state index is 0.0184. The summed E-state index contributed by atoms with van der Waals surface area (Å²) in [6, 6.07) is 7.75. The van der Waals surface area contributed by atoms with E-state index in [0.29, 0.717) is 17.6 Å². The Bertz CT molecular complexity index is 568. The van der Waals surface area contributed by atoms with Crippen LogP contribution < -0.4 is 5.32 Å². The molecule has 2 rings (SSSR count). The molecular weight excluding hydrogens is 312 g/mol. The summed E-state index contributed by atoms with van der Waals surface area (Å²) in [5.74, 6) is 1.05. The fraction of sp³-hybridized carbons (Fsp3) is 0.667. The van der Waals surface area contributed by atoms with Crippen molar-refractivity contribution in [2.24, 2.45) is 11.3 Å². The lowest BCUT2D eigenvalue weighted by Crippen LogP contribution is -2.51. The number of rotatable bonds is 6. The average Bonchev–Trinajstić information content (AvgIpc) is 2.58. The first-order valence-corrected chi connectivity index (χ1v) is 9.55. The van der Waals surface area contributed by atoms with E-state index in [9.17, 15) is 9.90 Å². The number of carbonyl (C=O) groups is 1. The number of piperidine rings is 1. The van der Waals surface area contributed by atoms with E-state index in [1.165, 1.54) is 5.56 Å². The molecule has 1 fully saturated rings. The zero-order valence-electron chi connectivity index (χ0n) is 16.4. The molecule has 25 heavy (non-hydrogen) atoms. The third-order valence-corrected chi connectivity index (χ3v) is 5.81. The van der Waals surface area contributed by atoms with Crippen LogP contribution in [-0.2, 0) is 4.79 Å². The van der Waals surface area contributed by atoms with Gasteiger partial charge < -0.3 is 15.3 Å². The summed E-state index contributed by atoms with van der Waals surface area (Å²) >= 11 is 0. The van der Waals surface area contributed by atoms with Gasteiger partial charge >= 0.3 is 0 Å². The molecule has 1 heterocycles. The number of hydrogen-bond donors (Lipinski definition) is 2. The topological polar surface area (TPSA) is 52.6 Å². The van der Waals surface area contributed by atoms with Gasteiger partial charge in [0.25, 0.3) is 0 Å². The van der Waals surface area contributed by atoms with Crippen LogP contribution in [0.1, 0.15) is 58.4 Å². The van der Waals surface area contributed by atoms with Gasteiger partial charge in [-0.3, -0.25) is 4.79 Å². The van der Waals surface area contributed by atoms with Crippen LogP contribution in [-0.4, -0.2) is 42.1 Å². The van der Waals surface area contributed by atoms with Gasteiger partial charge in [0, 0.05) is 19.1 Å². The van der Waals surface area contributed by atoms with E-state index in [4.69, 9.17) is 0 Å². The number of hydrogen-bond acceptors (Lipinski definition) is 3. The monoisotopic (exact) mass is 346 g/mol. The van der Waals surface area contributed by atoms with Gasteiger partial charge in [-0.05, 0) is 55.8 Å². The van der Waals surface area contributed by atoms with Gasteiger partial charge in [0.15, 0.2) is 0 Å². The molecule has 140 valence electrons. The molecule has 0 saturated carbocycles. The average molecular weight is 347 g/mol. The van der Waals surface area contributed by atoms with E-state index in [1.807, 2.05) is 19.2 Å². The van der Waals surface area contributed by atoms with Crippen molar-refractivity contribution in [3.05, 3.63) is 29.8 Å². The molecule has 1 aliphatic rings. The standard InChI is InChI=1S/C21H34N2O2/c1-6-7-18(15(2)22-5)20(25)23-13-12-19(21(3,4)14-23)16-8-10-17(24)11-9-16/h8-11,15,18-19,22,24H,6-7,12-14H2,1-5H3. The fourth-order valence-electron chi connectivity index (χ4n) is 4.20. The van der Waals surface area contributed by atoms with Crippen molar-refractivity contribution >= 4 is 5.91 Å². The molecule has 2 N–H and O–H groups in total. The lowest BCUT2D eigenvalue weighted by atomic mass is 9.70. The maximum absolute atomic E-state index is 13.1. The van der Waals surface area contributed by atoms with Gasteiger partial charge in [-0.2, -0.15) is 0 Å². The van der Waals surface area contributed by atoms with Crippen LogP contribution in [0.15, 0.2) is 24.3 Å². The van der Waals surface area contributed by atoms with Crippen molar-refractivity contribution in [2.75, 3.05) is 20.1 Å². The molecule has 0 bridgehead atoms. The highest BCUT2D eigenvalue weighted by Crippen LogP contribution is 2.43. The summed E-state index contributed by atoms with van der Waals surface area (Å²) in [5.41, 5.74) is 1.27. The van der Waals surface area contributed by atoms with Crippen molar-refractivity contribution in [3.8, 4) is 5.75 Å². The molecule has 4 heteroatoms. The SMILES string of the molecule is CCCC(C(=O)N1CCC(c2ccc(O)cc2)C(C)(C)C1)C(C)NC. The summed E-state index contributed by atoms with van der Waals surface area (Å²) in [5, 5.41) is 12.8. The van der Waals surface area contributed by atoms with Crippen LogP contribution in [0.5, 0.6) is 5.75 Å². The molecule has 1 aromatic rings. The number of phenols is 1. The van der Waals surface area contributed by atoms with Crippen molar-refractivity contribution in [1.82, 2.24) is 10.2 Å². The van der Waals surface area contributed by atoms with Gasteiger partial charge in [-0.1, -0.05) is 39.3 Å². The summed E-state index contributed by atoms with van der Waals surface area (Å²) in [6.07, 6.45) is 2.92. The molecule has 1 aromatic carbocycles. The summed E-state index contributed by atoms with van der Waals surface area (Å²) < 4.78 is 0. The van der Waals surface area contributed by atoms with Crippen LogP contribution in [0.4, 0.5) is 0 Å². The molecule has 3 atom stereocenters. The Labute approximate surface area is 152 Å². The van der Waals surface area contributed by atoms with Crippen LogP contribution >= 0.6 is 0 Å². The first kappa shape index (κ1) is 19.8. The number of nitrogens with one attached hydrogen (secondary N) is 1. The third kappa shape index (κ3) is 4.55. The number of aromatic hydroxyl groups is 1. The second-order valence-electron chi connectivity index (χ2n) is 8.15. The van der Waals surface area contributed by atoms with Crippen LogP contribution in [0.25, 0.3) is 0 Å². The second-order valence-corrected chi connectivity index (χ2v) is 8.15. The maximum atomic E-state index is 13.1. The molecule has 3 unspecified atom stereocenters. The van der Waals surface area contributed by atoms with Crippen LogP contribution in [0.2, 0.25) is 0 Å². The smallest absolute Gasteiger partial charge is 0.227 e. The Hall–Kier alpha value is -1.55. The van der Waals surface area contributed by atoms with Crippen molar-refractivity contribution < 1.29 is 9.90 Å². The molecule has 1 aliphatic heterocycles. The highest BCUT2D eigenvalue weighted by Gasteiger charge is 2.40. The Morgan fingerprint density at radius 2 is 2.00 bits per heavy atom. The molecular formula is C21H34N2O2. The quantitative estimate of drug-likeness (QED) is 0.825. The lowest BCUT2D eigenvalue weighted by Gasteiger charge is -2.46. The number of amides is 1. The minimum atomic E-state index is 0.0184.